The second kappa shape index (κ2) is 8.62. The lowest BCUT2D eigenvalue weighted by molar-refractivity contribution is -0.140. The number of carboxylic acid groups (broad SMARTS) is 2. The molecule has 0 aliphatic carbocycles. The first-order chi connectivity index (χ1) is 11.9. The van der Waals surface area contributed by atoms with E-state index < -0.39 is 30.2 Å². The summed E-state index contributed by atoms with van der Waals surface area (Å²) in [5.41, 5.74) is 1.03. The Hall–Kier alpha value is -2.41. The molecule has 0 saturated carbocycles. The average molecular weight is 348 g/mol. The number of likely N-dealkylation sites (tertiary alicyclic amines) is 1. The van der Waals surface area contributed by atoms with Crippen LogP contribution in [0.2, 0.25) is 0 Å². The fourth-order valence-electron chi connectivity index (χ4n) is 3.20. The summed E-state index contributed by atoms with van der Waals surface area (Å²) in [5.74, 6) is -1.29. The third-order valence-electron chi connectivity index (χ3n) is 4.57. The highest BCUT2D eigenvalue weighted by Crippen LogP contribution is 2.19. The first-order valence-corrected chi connectivity index (χ1v) is 8.46. The number of nitrogens with zero attached hydrogens (tertiary/aromatic N) is 1. The van der Waals surface area contributed by atoms with Crippen LogP contribution in [0, 0.1) is 0 Å². The number of ketones is 1. The predicted molar refractivity (Wildman–Crippen MR) is 91.5 cm³/mol. The lowest BCUT2D eigenvalue weighted by atomic mass is 10.0. The van der Waals surface area contributed by atoms with Crippen LogP contribution in [0.25, 0.3) is 0 Å². The van der Waals surface area contributed by atoms with Crippen LogP contribution in [0.15, 0.2) is 30.3 Å². The van der Waals surface area contributed by atoms with Gasteiger partial charge >= 0.3 is 12.1 Å². The highest BCUT2D eigenvalue weighted by atomic mass is 16.4. The minimum Gasteiger partial charge on any atom is -0.480 e. The predicted octanol–water partition coefficient (Wildman–Crippen LogP) is 1.76. The van der Waals surface area contributed by atoms with Gasteiger partial charge in [0.05, 0.1) is 12.1 Å². The van der Waals surface area contributed by atoms with E-state index >= 15 is 0 Å². The van der Waals surface area contributed by atoms with Crippen LogP contribution in [0.5, 0.6) is 0 Å². The van der Waals surface area contributed by atoms with E-state index in [9.17, 15) is 19.5 Å². The normalized spacial score (nSPS) is 19.4. The van der Waals surface area contributed by atoms with Crippen molar-refractivity contribution in [1.82, 2.24) is 10.2 Å². The second-order valence-corrected chi connectivity index (χ2v) is 6.34. The lowest BCUT2D eigenvalue weighted by Crippen LogP contribution is -2.52. The van der Waals surface area contributed by atoms with E-state index in [0.717, 1.165) is 10.5 Å². The number of aliphatic carboxylic acids is 1. The van der Waals surface area contributed by atoms with Crippen molar-refractivity contribution in [2.24, 2.45) is 0 Å². The van der Waals surface area contributed by atoms with E-state index in [2.05, 4.69) is 5.32 Å². The van der Waals surface area contributed by atoms with Gasteiger partial charge in [-0.3, -0.25) is 19.8 Å². The summed E-state index contributed by atoms with van der Waals surface area (Å²) in [4.78, 5) is 36.4. The van der Waals surface area contributed by atoms with Crippen molar-refractivity contribution < 1.29 is 24.6 Å². The third-order valence-corrected chi connectivity index (χ3v) is 4.57. The molecule has 1 fully saturated rings. The third kappa shape index (κ3) is 5.03. The van der Waals surface area contributed by atoms with Crippen molar-refractivity contribution in [3.8, 4) is 0 Å². The average Bonchev–Trinajstić information content (AvgIpc) is 3.08. The topological polar surface area (TPSA) is 107 Å². The molecule has 0 spiro atoms. The summed E-state index contributed by atoms with van der Waals surface area (Å²) in [7, 11) is 0. The fourth-order valence-corrected chi connectivity index (χ4v) is 3.20. The summed E-state index contributed by atoms with van der Waals surface area (Å²) < 4.78 is 0. The standard InChI is InChI=1S/C18H24N2O5/c1-12(16(21)15-8-5-11-20(15)18(24)25)19-14(17(22)23)10-9-13-6-3-2-4-7-13/h2-4,6-7,12,14-15,19H,5,8-11H2,1H3,(H,22,23)(H,24,25)/t12-,14+,15+/m0/s1. The number of rotatable bonds is 8. The van der Waals surface area contributed by atoms with Gasteiger partial charge in [0, 0.05) is 6.54 Å². The van der Waals surface area contributed by atoms with Gasteiger partial charge in [0.1, 0.15) is 6.04 Å². The molecule has 0 bridgehead atoms. The highest BCUT2D eigenvalue weighted by molar-refractivity contribution is 5.92. The van der Waals surface area contributed by atoms with Crippen LogP contribution in [0.1, 0.15) is 31.7 Å². The Bertz CT molecular complexity index is 619. The van der Waals surface area contributed by atoms with Gasteiger partial charge in [0.25, 0.3) is 0 Å². The Morgan fingerprint density at radius 1 is 1.24 bits per heavy atom. The molecule has 1 heterocycles. The molecule has 7 heteroatoms. The van der Waals surface area contributed by atoms with Gasteiger partial charge in [0.15, 0.2) is 5.78 Å². The fraction of sp³-hybridized carbons (Fsp3) is 0.500. The molecular weight excluding hydrogens is 324 g/mol. The van der Waals surface area contributed by atoms with Gasteiger partial charge in [-0.25, -0.2) is 4.79 Å². The van der Waals surface area contributed by atoms with Gasteiger partial charge in [0.2, 0.25) is 0 Å². The molecule has 1 aliphatic heterocycles. The molecule has 136 valence electrons. The summed E-state index contributed by atoms with van der Waals surface area (Å²) in [6, 6.07) is 7.26. The molecule has 0 unspecified atom stereocenters. The Labute approximate surface area is 146 Å². The summed E-state index contributed by atoms with van der Waals surface area (Å²) in [6.45, 7) is 1.94. The van der Waals surface area contributed by atoms with Crippen molar-refractivity contribution in [3.05, 3.63) is 35.9 Å². The van der Waals surface area contributed by atoms with E-state index in [4.69, 9.17) is 5.11 Å². The number of carboxylic acids is 1. The molecule has 1 aromatic carbocycles. The largest absolute Gasteiger partial charge is 0.480 e. The maximum atomic E-state index is 12.5. The Morgan fingerprint density at radius 2 is 1.92 bits per heavy atom. The molecule has 25 heavy (non-hydrogen) atoms. The molecule has 3 N–H and O–H groups in total. The zero-order chi connectivity index (χ0) is 18.4. The minimum atomic E-state index is -1.11. The number of amides is 1. The molecule has 1 aromatic rings. The maximum absolute atomic E-state index is 12.5. The van der Waals surface area contributed by atoms with E-state index in [-0.39, 0.29) is 5.78 Å². The van der Waals surface area contributed by atoms with E-state index in [0.29, 0.717) is 32.2 Å². The van der Waals surface area contributed by atoms with Gasteiger partial charge in [-0.15, -0.1) is 0 Å². The van der Waals surface area contributed by atoms with Gasteiger partial charge in [-0.1, -0.05) is 30.3 Å². The summed E-state index contributed by atoms with van der Waals surface area (Å²) in [6.07, 6.45) is 0.952. The van der Waals surface area contributed by atoms with Crippen LogP contribution in [0.4, 0.5) is 4.79 Å². The van der Waals surface area contributed by atoms with Crippen molar-refractivity contribution in [2.45, 2.75) is 50.7 Å². The quantitative estimate of drug-likeness (QED) is 0.661. The van der Waals surface area contributed by atoms with Gasteiger partial charge in [-0.05, 0) is 38.2 Å². The first-order valence-electron chi connectivity index (χ1n) is 8.46. The van der Waals surface area contributed by atoms with Crippen LogP contribution in [0.3, 0.4) is 0 Å². The van der Waals surface area contributed by atoms with E-state index in [1.54, 1.807) is 6.92 Å². The van der Waals surface area contributed by atoms with Crippen LogP contribution in [-0.4, -0.2) is 57.6 Å². The zero-order valence-corrected chi connectivity index (χ0v) is 14.2. The van der Waals surface area contributed by atoms with Crippen molar-refractivity contribution in [1.29, 1.82) is 0 Å². The minimum absolute atomic E-state index is 0.272. The number of carbonyl (C=O) groups is 3. The molecule has 2 rings (SSSR count). The smallest absolute Gasteiger partial charge is 0.407 e. The van der Waals surface area contributed by atoms with Crippen molar-refractivity contribution >= 4 is 17.8 Å². The summed E-state index contributed by atoms with van der Waals surface area (Å²) >= 11 is 0. The second-order valence-electron chi connectivity index (χ2n) is 6.34. The molecule has 1 amide bonds. The number of hydrogen-bond donors (Lipinski definition) is 3. The van der Waals surface area contributed by atoms with Crippen LogP contribution >= 0.6 is 0 Å². The van der Waals surface area contributed by atoms with Gasteiger partial charge < -0.3 is 10.2 Å². The Kier molecular flexibility index (Phi) is 6.52. The number of hydrogen-bond acceptors (Lipinski definition) is 4. The Balaban J connectivity index is 1.95. The van der Waals surface area contributed by atoms with Crippen LogP contribution < -0.4 is 5.32 Å². The zero-order valence-electron chi connectivity index (χ0n) is 14.2. The first kappa shape index (κ1) is 18.9. The SMILES string of the molecule is C[C@H](N[C@H](CCc1ccccc1)C(=O)O)C(=O)[C@H]1CCCN1C(=O)O. The molecule has 7 nitrogen and oxygen atoms in total. The Morgan fingerprint density at radius 3 is 2.52 bits per heavy atom. The molecule has 0 aromatic heterocycles. The number of nitrogens with one attached hydrogen (secondary N) is 1. The number of benzene rings is 1. The van der Waals surface area contributed by atoms with E-state index in [1.807, 2.05) is 30.3 Å². The summed E-state index contributed by atoms with van der Waals surface area (Å²) in [5, 5.41) is 21.4. The molecule has 0 radical (unpaired) electrons. The monoisotopic (exact) mass is 348 g/mol. The van der Waals surface area contributed by atoms with Crippen LogP contribution in [-0.2, 0) is 16.0 Å². The number of Topliss-reactive ketones (excluding diaryl/α,β-unsaturated/α-hetero) is 1. The maximum Gasteiger partial charge on any atom is 0.407 e. The number of aryl methyl sites for hydroxylation is 1. The molecule has 1 saturated heterocycles. The molecule has 1 aliphatic rings. The van der Waals surface area contributed by atoms with E-state index in [1.165, 1.54) is 0 Å². The molecular formula is C18H24N2O5. The molecule has 3 atom stereocenters. The number of carbonyl (C=O) groups excluding carboxylic acids is 1. The highest BCUT2D eigenvalue weighted by Gasteiger charge is 2.37. The van der Waals surface area contributed by atoms with Crippen molar-refractivity contribution in [3.63, 3.8) is 0 Å². The lowest BCUT2D eigenvalue weighted by Gasteiger charge is -2.25. The van der Waals surface area contributed by atoms with Gasteiger partial charge in [-0.2, -0.15) is 0 Å². The van der Waals surface area contributed by atoms with Crippen molar-refractivity contribution in [2.75, 3.05) is 6.54 Å².